The molecular weight excluding hydrogens is 394 g/mol. The number of hydrogen-bond acceptors (Lipinski definition) is 5. The normalized spacial score (nSPS) is 10.7. The lowest BCUT2D eigenvalue weighted by molar-refractivity contribution is -0.113. The van der Waals surface area contributed by atoms with Gasteiger partial charge in [0.1, 0.15) is 10.8 Å². The number of ether oxygens (including phenoxy) is 1. The minimum absolute atomic E-state index is 0.103. The summed E-state index contributed by atoms with van der Waals surface area (Å²) in [5.74, 6) is 0.839. The Bertz CT molecular complexity index is 1170. The largest absolute Gasteiger partial charge is 0.497 e. The lowest BCUT2D eigenvalue weighted by atomic mass is 10.1. The number of fused-ring (bicyclic) bond motifs is 1. The lowest BCUT2D eigenvalue weighted by Crippen LogP contribution is -2.14. The number of nitrogens with one attached hydrogen (secondary N) is 1. The monoisotopic (exact) mass is 415 g/mol. The van der Waals surface area contributed by atoms with E-state index < -0.39 is 0 Å². The van der Waals surface area contributed by atoms with Crippen LogP contribution in [0.25, 0.3) is 11.0 Å². The van der Waals surface area contributed by atoms with Crippen LogP contribution in [-0.2, 0) is 11.2 Å². The molecule has 0 aliphatic carbocycles. The Morgan fingerprint density at radius 3 is 2.43 bits per heavy atom. The van der Waals surface area contributed by atoms with E-state index in [9.17, 15) is 4.79 Å². The van der Waals surface area contributed by atoms with Gasteiger partial charge in [0.25, 0.3) is 0 Å². The molecule has 0 atom stereocenters. The summed E-state index contributed by atoms with van der Waals surface area (Å²) in [5.41, 5.74) is 4.41. The van der Waals surface area contributed by atoms with Crippen LogP contribution in [0.2, 0.25) is 0 Å². The number of benzene rings is 3. The van der Waals surface area contributed by atoms with Crippen molar-refractivity contribution in [3.05, 3.63) is 90.1 Å². The van der Waals surface area contributed by atoms with Gasteiger partial charge in [0.15, 0.2) is 0 Å². The van der Waals surface area contributed by atoms with Crippen molar-refractivity contribution < 1.29 is 9.53 Å². The number of aromatic nitrogens is 2. The van der Waals surface area contributed by atoms with E-state index in [0.717, 1.165) is 27.3 Å². The van der Waals surface area contributed by atoms with E-state index in [0.29, 0.717) is 17.9 Å². The second-order valence-electron chi connectivity index (χ2n) is 6.70. The van der Waals surface area contributed by atoms with Gasteiger partial charge in [-0.15, -0.1) is 0 Å². The van der Waals surface area contributed by atoms with Crippen LogP contribution >= 0.6 is 11.8 Å². The lowest BCUT2D eigenvalue weighted by Gasteiger charge is -2.10. The molecule has 0 unspecified atom stereocenters. The van der Waals surface area contributed by atoms with Crippen molar-refractivity contribution in [1.82, 2.24) is 9.97 Å². The Balaban J connectivity index is 1.53. The summed E-state index contributed by atoms with van der Waals surface area (Å²) in [6, 6.07) is 25.3. The SMILES string of the molecule is COc1cccc(NC(=O)CSc2nc3ccccc3nc2Cc2ccccc2)c1. The molecule has 3 aromatic carbocycles. The highest BCUT2D eigenvalue weighted by Gasteiger charge is 2.13. The molecule has 0 bridgehead atoms. The molecule has 5 nitrogen and oxygen atoms in total. The van der Waals surface area contributed by atoms with Gasteiger partial charge in [0, 0.05) is 18.2 Å². The Labute approximate surface area is 179 Å². The number of carbonyl (C=O) groups excluding carboxylic acids is 1. The van der Waals surface area contributed by atoms with Crippen LogP contribution < -0.4 is 10.1 Å². The molecule has 4 rings (SSSR count). The van der Waals surface area contributed by atoms with Crippen LogP contribution in [0.1, 0.15) is 11.3 Å². The summed E-state index contributed by atoms with van der Waals surface area (Å²) < 4.78 is 5.20. The van der Waals surface area contributed by atoms with Gasteiger partial charge in [0.2, 0.25) is 5.91 Å². The summed E-state index contributed by atoms with van der Waals surface area (Å²) in [4.78, 5) is 22.1. The van der Waals surface area contributed by atoms with Gasteiger partial charge in [-0.2, -0.15) is 0 Å². The molecule has 0 saturated carbocycles. The van der Waals surface area contributed by atoms with E-state index in [4.69, 9.17) is 14.7 Å². The summed E-state index contributed by atoms with van der Waals surface area (Å²) in [7, 11) is 1.60. The summed E-state index contributed by atoms with van der Waals surface area (Å²) in [6.07, 6.45) is 0.665. The van der Waals surface area contributed by atoms with E-state index in [1.807, 2.05) is 60.7 Å². The van der Waals surface area contributed by atoms with Crippen molar-refractivity contribution in [3.63, 3.8) is 0 Å². The van der Waals surface area contributed by atoms with Crippen molar-refractivity contribution in [2.45, 2.75) is 11.4 Å². The maximum atomic E-state index is 12.5. The molecule has 1 amide bonds. The van der Waals surface area contributed by atoms with Crippen LogP contribution in [0.3, 0.4) is 0 Å². The first-order valence-electron chi connectivity index (χ1n) is 9.57. The number of carbonyl (C=O) groups is 1. The van der Waals surface area contributed by atoms with Crippen molar-refractivity contribution >= 4 is 34.4 Å². The fourth-order valence-electron chi connectivity index (χ4n) is 3.07. The van der Waals surface area contributed by atoms with E-state index >= 15 is 0 Å². The number of hydrogen-bond donors (Lipinski definition) is 1. The second-order valence-corrected chi connectivity index (χ2v) is 7.66. The molecule has 6 heteroatoms. The molecule has 1 heterocycles. The van der Waals surface area contributed by atoms with Crippen molar-refractivity contribution in [1.29, 1.82) is 0 Å². The third kappa shape index (κ3) is 4.96. The predicted octanol–water partition coefficient (Wildman–Crippen LogP) is 4.96. The Kier molecular flexibility index (Phi) is 6.25. The topological polar surface area (TPSA) is 64.1 Å². The standard InChI is InChI=1S/C24H21N3O2S/c1-29-19-11-7-10-18(15-19)25-23(28)16-30-24-22(14-17-8-3-2-4-9-17)26-20-12-5-6-13-21(20)27-24/h2-13,15H,14,16H2,1H3,(H,25,28). The number of nitrogens with zero attached hydrogens (tertiary/aromatic N) is 2. The number of rotatable bonds is 7. The van der Waals surface area contributed by atoms with Crippen molar-refractivity contribution in [2.75, 3.05) is 18.2 Å². The molecule has 1 N–H and O–H groups in total. The van der Waals surface area contributed by atoms with E-state index in [1.54, 1.807) is 13.2 Å². The van der Waals surface area contributed by atoms with Gasteiger partial charge in [-0.05, 0) is 29.8 Å². The highest BCUT2D eigenvalue weighted by molar-refractivity contribution is 8.00. The zero-order valence-corrected chi connectivity index (χ0v) is 17.4. The predicted molar refractivity (Wildman–Crippen MR) is 121 cm³/mol. The average Bonchev–Trinajstić information content (AvgIpc) is 2.78. The maximum absolute atomic E-state index is 12.5. The third-order valence-corrected chi connectivity index (χ3v) is 5.52. The minimum Gasteiger partial charge on any atom is -0.497 e. The van der Waals surface area contributed by atoms with Crippen LogP contribution in [-0.4, -0.2) is 28.7 Å². The molecule has 0 aliphatic rings. The van der Waals surface area contributed by atoms with E-state index in [-0.39, 0.29) is 11.7 Å². The number of methoxy groups -OCH3 is 1. The van der Waals surface area contributed by atoms with Crippen LogP contribution in [0.15, 0.2) is 83.9 Å². The summed E-state index contributed by atoms with van der Waals surface area (Å²) >= 11 is 1.40. The smallest absolute Gasteiger partial charge is 0.234 e. The average molecular weight is 416 g/mol. The molecule has 0 aliphatic heterocycles. The maximum Gasteiger partial charge on any atom is 0.234 e. The van der Waals surface area contributed by atoms with Crippen LogP contribution in [0.4, 0.5) is 5.69 Å². The third-order valence-electron chi connectivity index (χ3n) is 4.51. The zero-order chi connectivity index (χ0) is 20.8. The highest BCUT2D eigenvalue weighted by atomic mass is 32.2. The molecule has 0 spiro atoms. The van der Waals surface area contributed by atoms with Gasteiger partial charge in [-0.3, -0.25) is 4.79 Å². The quantitative estimate of drug-likeness (QED) is 0.432. The first-order valence-corrected chi connectivity index (χ1v) is 10.6. The molecular formula is C24H21N3O2S. The van der Waals surface area contributed by atoms with Gasteiger partial charge in [0.05, 0.1) is 29.6 Å². The second kappa shape index (κ2) is 9.41. The molecule has 0 radical (unpaired) electrons. The summed E-state index contributed by atoms with van der Waals surface area (Å²) in [5, 5.41) is 3.68. The fraction of sp³-hybridized carbons (Fsp3) is 0.125. The molecule has 0 saturated heterocycles. The first-order chi connectivity index (χ1) is 14.7. The Morgan fingerprint density at radius 1 is 0.933 bits per heavy atom. The fourth-order valence-corrected chi connectivity index (χ4v) is 3.86. The van der Waals surface area contributed by atoms with Gasteiger partial charge < -0.3 is 10.1 Å². The van der Waals surface area contributed by atoms with Gasteiger partial charge in [-0.1, -0.05) is 60.3 Å². The van der Waals surface area contributed by atoms with E-state index in [2.05, 4.69) is 17.4 Å². The van der Waals surface area contributed by atoms with Crippen molar-refractivity contribution in [2.24, 2.45) is 0 Å². The highest BCUT2D eigenvalue weighted by Crippen LogP contribution is 2.25. The van der Waals surface area contributed by atoms with Crippen LogP contribution in [0.5, 0.6) is 5.75 Å². The number of para-hydroxylation sites is 2. The number of amides is 1. The Morgan fingerprint density at radius 2 is 1.67 bits per heavy atom. The molecule has 150 valence electrons. The first kappa shape index (κ1) is 19.9. The number of anilines is 1. The number of thioether (sulfide) groups is 1. The zero-order valence-electron chi connectivity index (χ0n) is 16.5. The molecule has 4 aromatic rings. The van der Waals surface area contributed by atoms with Crippen molar-refractivity contribution in [3.8, 4) is 5.75 Å². The molecule has 30 heavy (non-hydrogen) atoms. The van der Waals surface area contributed by atoms with E-state index in [1.165, 1.54) is 11.8 Å². The summed E-state index contributed by atoms with van der Waals surface area (Å²) in [6.45, 7) is 0. The van der Waals surface area contributed by atoms with Gasteiger partial charge in [-0.25, -0.2) is 9.97 Å². The molecule has 1 aromatic heterocycles. The van der Waals surface area contributed by atoms with Crippen LogP contribution in [0, 0.1) is 0 Å². The van der Waals surface area contributed by atoms with Gasteiger partial charge >= 0.3 is 0 Å². The minimum atomic E-state index is -0.103. The Hall–Kier alpha value is -3.38. The molecule has 0 fully saturated rings.